The lowest BCUT2D eigenvalue weighted by atomic mass is 9.68. The van der Waals surface area contributed by atoms with Crippen molar-refractivity contribution in [2.45, 2.75) is 44.9 Å². The Morgan fingerprint density at radius 2 is 1.35 bits per heavy atom. The fourth-order valence-corrected chi connectivity index (χ4v) is 5.31. The van der Waals surface area contributed by atoms with Crippen molar-refractivity contribution in [3.63, 3.8) is 0 Å². The van der Waals surface area contributed by atoms with Gasteiger partial charge in [-0.2, -0.15) is 5.10 Å². The van der Waals surface area contributed by atoms with E-state index in [2.05, 4.69) is 119 Å². The number of hydrogen-bond acceptors (Lipinski definition) is 6. The first kappa shape index (κ1) is 26.2. The molecule has 3 aromatic carbocycles. The smallest absolute Gasteiger partial charge is 0.0561 e. The highest BCUT2D eigenvalue weighted by atomic mass is 15.3. The Balaban J connectivity index is 1.66. The predicted octanol–water partition coefficient (Wildman–Crippen LogP) is 5.86. The van der Waals surface area contributed by atoms with Crippen molar-refractivity contribution >= 4 is 18.1 Å². The highest BCUT2D eigenvalue weighted by Crippen LogP contribution is 2.41. The minimum atomic E-state index is 0.0475. The number of nitrogen functional groups attached to an aromatic ring is 1. The molecule has 4 rings (SSSR count). The first-order valence-electron chi connectivity index (χ1n) is 12.9. The largest absolute Gasteiger partial charge is 0.328 e. The molecule has 0 saturated heterocycles. The lowest BCUT2D eigenvalue weighted by molar-refractivity contribution is 0.251. The molecule has 37 heavy (non-hydrogen) atoms. The number of aryl methyl sites for hydroxylation is 1. The van der Waals surface area contributed by atoms with Crippen LogP contribution < -0.4 is 28.0 Å². The summed E-state index contributed by atoms with van der Waals surface area (Å²) >= 11 is 0. The van der Waals surface area contributed by atoms with E-state index in [0.717, 1.165) is 62.0 Å². The van der Waals surface area contributed by atoms with Gasteiger partial charge in [-0.05, 0) is 97.4 Å². The zero-order valence-corrected chi connectivity index (χ0v) is 21.4. The number of anilines is 2. The molecular formula is C31H38N6. The molecule has 1 unspecified atom stereocenters. The van der Waals surface area contributed by atoms with Gasteiger partial charge in [-0.3, -0.25) is 17.1 Å². The van der Waals surface area contributed by atoms with E-state index < -0.39 is 0 Å². The molecule has 0 heterocycles. The van der Waals surface area contributed by atoms with Crippen LogP contribution in [0.1, 0.15) is 42.4 Å². The zero-order valence-electron chi connectivity index (χ0n) is 21.4. The van der Waals surface area contributed by atoms with Gasteiger partial charge < -0.3 is 10.9 Å². The van der Waals surface area contributed by atoms with Crippen molar-refractivity contribution in [1.82, 2.24) is 5.43 Å². The molecule has 7 N–H and O–H groups in total. The van der Waals surface area contributed by atoms with Crippen molar-refractivity contribution in [1.29, 1.82) is 0 Å². The minimum Gasteiger partial charge on any atom is -0.328 e. The van der Waals surface area contributed by atoms with Crippen LogP contribution in [0.4, 0.5) is 11.4 Å². The Bertz CT molecular complexity index is 1200. The quantitative estimate of drug-likeness (QED) is 0.116. The van der Waals surface area contributed by atoms with Crippen molar-refractivity contribution in [2.75, 3.05) is 10.9 Å². The lowest BCUT2D eigenvalue weighted by Crippen LogP contribution is -2.29. The third kappa shape index (κ3) is 7.56. The summed E-state index contributed by atoms with van der Waals surface area (Å²) in [5.41, 5.74) is 17.0. The van der Waals surface area contributed by atoms with Crippen LogP contribution in [0.5, 0.6) is 0 Å². The van der Waals surface area contributed by atoms with E-state index in [1.54, 1.807) is 0 Å². The fraction of sp³-hybridized carbons (Fsp3) is 0.258. The number of allylic oxidation sites excluding steroid dienone is 4. The van der Waals surface area contributed by atoms with Gasteiger partial charge in [0, 0.05) is 18.1 Å². The summed E-state index contributed by atoms with van der Waals surface area (Å²) in [6.45, 7) is 3.51. The molecule has 1 atom stereocenters. The molecule has 0 spiro atoms. The zero-order chi connectivity index (χ0) is 25.9. The summed E-state index contributed by atoms with van der Waals surface area (Å²) in [5, 5.41) is 3.77. The molecular weight excluding hydrogens is 456 g/mol. The van der Waals surface area contributed by atoms with Gasteiger partial charge in [0.15, 0.2) is 0 Å². The van der Waals surface area contributed by atoms with Gasteiger partial charge in [0.05, 0.1) is 5.69 Å². The predicted molar refractivity (Wildman–Crippen MR) is 156 cm³/mol. The Morgan fingerprint density at radius 1 is 0.703 bits per heavy atom. The molecule has 3 aromatic rings. The van der Waals surface area contributed by atoms with Crippen LogP contribution in [-0.2, 0) is 19.3 Å². The summed E-state index contributed by atoms with van der Waals surface area (Å²) in [4.78, 5) is 0. The maximum Gasteiger partial charge on any atom is 0.0561 e. The second kappa shape index (κ2) is 12.9. The van der Waals surface area contributed by atoms with Crippen LogP contribution in [0.15, 0.2) is 107 Å². The van der Waals surface area contributed by atoms with Crippen LogP contribution in [0, 0.1) is 5.41 Å². The molecule has 0 radical (unpaired) electrons. The molecule has 1 aliphatic carbocycles. The fourth-order valence-electron chi connectivity index (χ4n) is 5.31. The average Bonchev–Trinajstić information content (AvgIpc) is 2.94. The second-order valence-electron chi connectivity index (χ2n) is 9.99. The summed E-state index contributed by atoms with van der Waals surface area (Å²) in [6, 6.07) is 27.9. The monoisotopic (exact) mass is 494 g/mol. The summed E-state index contributed by atoms with van der Waals surface area (Å²) in [7, 11) is 0. The first-order chi connectivity index (χ1) is 18.1. The van der Waals surface area contributed by atoms with Crippen LogP contribution in [-0.4, -0.2) is 6.72 Å². The van der Waals surface area contributed by atoms with E-state index in [0.29, 0.717) is 0 Å². The number of nitrogens with two attached hydrogens (primary N) is 2. The maximum absolute atomic E-state index is 5.67. The van der Waals surface area contributed by atoms with E-state index in [1.807, 2.05) is 0 Å². The normalized spacial score (nSPS) is 14.6. The van der Waals surface area contributed by atoms with Crippen LogP contribution in [0.25, 0.3) is 0 Å². The van der Waals surface area contributed by atoms with Gasteiger partial charge in [-0.25, -0.2) is 0 Å². The minimum absolute atomic E-state index is 0.0475. The van der Waals surface area contributed by atoms with Crippen molar-refractivity contribution in [3.8, 4) is 0 Å². The summed E-state index contributed by atoms with van der Waals surface area (Å²) < 4.78 is 0. The molecule has 6 heteroatoms. The number of rotatable bonds is 13. The van der Waals surface area contributed by atoms with Crippen LogP contribution >= 0.6 is 0 Å². The van der Waals surface area contributed by atoms with E-state index in [4.69, 9.17) is 11.7 Å². The number of hydrazine groups is 2. The average molecular weight is 495 g/mol. The molecule has 0 bridgehead atoms. The number of hydrazone groups is 1. The molecule has 0 fully saturated rings. The summed E-state index contributed by atoms with van der Waals surface area (Å²) in [6.07, 6.45) is 11.5. The van der Waals surface area contributed by atoms with Gasteiger partial charge in [0.25, 0.3) is 0 Å². The van der Waals surface area contributed by atoms with E-state index >= 15 is 0 Å². The van der Waals surface area contributed by atoms with E-state index in [-0.39, 0.29) is 5.41 Å². The molecule has 0 aliphatic heterocycles. The second-order valence-corrected chi connectivity index (χ2v) is 9.99. The Kier molecular flexibility index (Phi) is 9.13. The number of hydrogen-bond donors (Lipinski definition) is 5. The highest BCUT2D eigenvalue weighted by Gasteiger charge is 2.32. The van der Waals surface area contributed by atoms with Gasteiger partial charge in [-0.15, -0.1) is 0 Å². The van der Waals surface area contributed by atoms with Gasteiger partial charge in [-0.1, -0.05) is 66.2 Å². The standard InChI is InChI=1S/C31H38N6/c1-34-37-30-17-7-24(8-18-30)19-20-31(21-25-5-3-2-4-6-25,22-26-9-13-28(35-32)14-10-26)23-27-11-15-29(36-33)16-12-27/h2-11,13-15,17-18,35-37H,1,12,16,19-23,32-33H2. The van der Waals surface area contributed by atoms with Gasteiger partial charge >= 0.3 is 0 Å². The van der Waals surface area contributed by atoms with Crippen LogP contribution in [0.2, 0.25) is 0 Å². The molecule has 1 aliphatic rings. The van der Waals surface area contributed by atoms with Crippen LogP contribution in [0.3, 0.4) is 0 Å². The summed E-state index contributed by atoms with van der Waals surface area (Å²) in [5.74, 6) is 11.3. The highest BCUT2D eigenvalue weighted by molar-refractivity contribution is 5.46. The van der Waals surface area contributed by atoms with Crippen molar-refractivity contribution in [3.05, 3.63) is 119 Å². The lowest BCUT2D eigenvalue weighted by Gasteiger charge is -2.36. The number of nitrogens with one attached hydrogen (secondary N) is 3. The SMILES string of the molecule is C=NNc1ccc(CCC(CC2=CC=C(NN)CC2)(Cc2ccccc2)Cc2ccc(NN)cc2)cc1. The third-order valence-electron chi connectivity index (χ3n) is 7.25. The molecule has 192 valence electrons. The van der Waals surface area contributed by atoms with Gasteiger partial charge in [0.2, 0.25) is 0 Å². The van der Waals surface area contributed by atoms with E-state index in [9.17, 15) is 0 Å². The van der Waals surface area contributed by atoms with Gasteiger partial charge in [0.1, 0.15) is 0 Å². The third-order valence-corrected chi connectivity index (χ3v) is 7.25. The van der Waals surface area contributed by atoms with Crippen molar-refractivity contribution < 1.29 is 0 Å². The Hall–Kier alpha value is -3.87. The topological polar surface area (TPSA) is 100 Å². The number of nitrogens with zero attached hydrogens (tertiary/aromatic N) is 1. The number of benzene rings is 3. The molecule has 0 aromatic heterocycles. The van der Waals surface area contributed by atoms with E-state index in [1.165, 1.54) is 22.3 Å². The molecule has 0 saturated carbocycles. The maximum atomic E-state index is 5.67. The Morgan fingerprint density at radius 3 is 1.95 bits per heavy atom. The Labute approximate surface area is 220 Å². The first-order valence-corrected chi connectivity index (χ1v) is 12.9. The molecule has 0 amide bonds. The van der Waals surface area contributed by atoms with Crippen molar-refractivity contribution in [2.24, 2.45) is 22.2 Å². The molecule has 6 nitrogen and oxygen atoms in total.